The van der Waals surface area contributed by atoms with Crippen molar-refractivity contribution in [2.24, 2.45) is 0 Å². The van der Waals surface area contributed by atoms with E-state index in [2.05, 4.69) is 85.0 Å². The number of rotatable bonds is 45. The van der Waals surface area contributed by atoms with Gasteiger partial charge in [0.2, 0.25) is 5.91 Å². The first-order valence-corrected chi connectivity index (χ1v) is 32.0. The molecular formula is C73H103NO7. The molecule has 1 amide bonds. The van der Waals surface area contributed by atoms with Crippen LogP contribution in [0.25, 0.3) is 0 Å². The molecule has 0 unspecified atom stereocenters. The summed E-state index contributed by atoms with van der Waals surface area (Å²) in [6, 6.07) is 50.3. The van der Waals surface area contributed by atoms with E-state index in [1.807, 2.05) is 91.0 Å². The normalized spacial score (nSPS) is 18.0. The Morgan fingerprint density at radius 3 is 1.25 bits per heavy atom. The first kappa shape index (κ1) is 65.2. The monoisotopic (exact) mass is 1110 g/mol. The van der Waals surface area contributed by atoms with Gasteiger partial charge in [-0.05, 0) is 53.5 Å². The quantitative estimate of drug-likeness (QED) is 0.0296. The van der Waals surface area contributed by atoms with Crippen LogP contribution in [0.15, 0.2) is 164 Å². The number of amides is 1. The van der Waals surface area contributed by atoms with E-state index < -0.39 is 42.7 Å². The minimum atomic E-state index is -0.985. The minimum absolute atomic E-state index is 0.0681. The molecule has 6 rings (SSSR count). The highest BCUT2D eigenvalue weighted by molar-refractivity contribution is 5.76. The van der Waals surface area contributed by atoms with Gasteiger partial charge in [0.1, 0.15) is 24.4 Å². The molecule has 0 aromatic heterocycles. The Hall–Kier alpha value is -4.93. The fourth-order valence-electron chi connectivity index (χ4n) is 11.2. The number of hydrogen-bond acceptors (Lipinski definition) is 7. The number of ether oxygens (including phenoxy) is 5. The Morgan fingerprint density at radius 1 is 0.469 bits per heavy atom. The molecule has 0 saturated carbocycles. The number of aliphatic hydroxyl groups excluding tert-OH is 1. The third-order valence-electron chi connectivity index (χ3n) is 16.0. The van der Waals surface area contributed by atoms with Gasteiger partial charge in [0.15, 0.2) is 0 Å². The fraction of sp³-hybridized carbons (Fsp3) is 0.548. The number of aliphatic hydroxyl groups is 1. The van der Waals surface area contributed by atoms with Crippen LogP contribution >= 0.6 is 0 Å². The molecule has 0 radical (unpaired) electrons. The van der Waals surface area contributed by atoms with Gasteiger partial charge in [-0.3, -0.25) is 4.79 Å². The molecule has 2 N–H and O–H groups in total. The largest absolute Gasteiger partial charge is 0.387 e. The molecule has 1 aliphatic rings. The standard InChI is InChI=1S/C73H103NO7/c1-2-3-4-5-6-7-8-9-10-11-12-13-14-15-16-17-18-19-20-21-22-23-39-54-70(76)74-66(67(75)53-41-40-44-61-42-29-24-30-43-61)55-68-71(78-57-63-47-33-26-34-48-63)73(80-59-65-51-37-28-38-52-65)72(79-58-64-49-35-27-36-50-64)69(81-68)60-77-56-62-45-31-25-32-46-62/h24-38,41-43,45-53,66-69,71-73,75H,2-23,39-40,44,54-60H2,1H3,(H,74,76)/b53-41+/t66-,67+,68+,69+,71-,72-,73+/m0/s1. The Bertz CT molecular complexity index is 2300. The second-order valence-corrected chi connectivity index (χ2v) is 22.9. The number of carbonyl (C=O) groups excluding carboxylic acids is 1. The highest BCUT2D eigenvalue weighted by atomic mass is 16.6. The minimum Gasteiger partial charge on any atom is -0.387 e. The van der Waals surface area contributed by atoms with Crippen LogP contribution in [0.3, 0.4) is 0 Å². The number of benzene rings is 5. The lowest BCUT2D eigenvalue weighted by Gasteiger charge is -2.47. The zero-order valence-corrected chi connectivity index (χ0v) is 49.7. The zero-order valence-electron chi connectivity index (χ0n) is 49.7. The molecule has 5 aromatic rings. The predicted molar refractivity (Wildman–Crippen MR) is 333 cm³/mol. The maximum absolute atomic E-state index is 14.1. The molecule has 0 bridgehead atoms. The van der Waals surface area contributed by atoms with Crippen molar-refractivity contribution in [2.45, 2.75) is 249 Å². The molecule has 1 aliphatic heterocycles. The van der Waals surface area contributed by atoms with Gasteiger partial charge in [0.05, 0.1) is 51.3 Å². The van der Waals surface area contributed by atoms with Crippen LogP contribution in [0, 0.1) is 0 Å². The molecule has 8 nitrogen and oxygen atoms in total. The highest BCUT2D eigenvalue weighted by Crippen LogP contribution is 2.34. The van der Waals surface area contributed by atoms with Gasteiger partial charge >= 0.3 is 0 Å². The van der Waals surface area contributed by atoms with Gasteiger partial charge in [-0.2, -0.15) is 0 Å². The summed E-state index contributed by atoms with van der Waals surface area (Å²) in [5.74, 6) is -0.0681. The van der Waals surface area contributed by atoms with Crippen LogP contribution in [0.1, 0.15) is 202 Å². The molecule has 442 valence electrons. The van der Waals surface area contributed by atoms with Crippen molar-refractivity contribution in [3.63, 3.8) is 0 Å². The smallest absolute Gasteiger partial charge is 0.220 e. The van der Waals surface area contributed by atoms with Crippen molar-refractivity contribution in [2.75, 3.05) is 6.61 Å². The summed E-state index contributed by atoms with van der Waals surface area (Å²) < 4.78 is 34.7. The van der Waals surface area contributed by atoms with Crippen molar-refractivity contribution in [1.29, 1.82) is 0 Å². The molecule has 81 heavy (non-hydrogen) atoms. The lowest BCUT2D eigenvalue weighted by atomic mass is 9.89. The summed E-state index contributed by atoms with van der Waals surface area (Å²) in [7, 11) is 0. The Kier molecular flexibility index (Phi) is 33.8. The van der Waals surface area contributed by atoms with Crippen LogP contribution < -0.4 is 5.32 Å². The van der Waals surface area contributed by atoms with E-state index in [0.29, 0.717) is 32.8 Å². The van der Waals surface area contributed by atoms with Crippen molar-refractivity contribution in [1.82, 2.24) is 5.32 Å². The molecular weight excluding hydrogens is 1000 g/mol. The van der Waals surface area contributed by atoms with E-state index in [9.17, 15) is 9.90 Å². The Morgan fingerprint density at radius 2 is 0.827 bits per heavy atom. The third-order valence-corrected chi connectivity index (χ3v) is 16.0. The second kappa shape index (κ2) is 42.0. The molecule has 7 atom stereocenters. The van der Waals surface area contributed by atoms with Gasteiger partial charge in [-0.25, -0.2) is 0 Å². The molecule has 1 fully saturated rings. The molecule has 0 spiro atoms. The number of nitrogens with one attached hydrogen (secondary N) is 1. The fourth-order valence-corrected chi connectivity index (χ4v) is 11.2. The van der Waals surface area contributed by atoms with Gasteiger partial charge in [0.25, 0.3) is 0 Å². The van der Waals surface area contributed by atoms with Crippen molar-refractivity contribution < 1.29 is 33.6 Å². The summed E-state index contributed by atoms with van der Waals surface area (Å²) in [6.45, 7) is 3.86. The van der Waals surface area contributed by atoms with Gasteiger partial charge in [-0.1, -0.05) is 312 Å². The molecule has 8 heteroatoms. The Labute approximate surface area is 490 Å². The lowest BCUT2D eigenvalue weighted by Crippen LogP contribution is -2.62. The summed E-state index contributed by atoms with van der Waals surface area (Å²) in [5, 5.41) is 15.5. The summed E-state index contributed by atoms with van der Waals surface area (Å²) in [5.41, 5.74) is 5.34. The highest BCUT2D eigenvalue weighted by Gasteiger charge is 2.49. The molecule has 1 saturated heterocycles. The first-order valence-electron chi connectivity index (χ1n) is 32.0. The number of allylic oxidation sites excluding steroid dienone is 1. The average molecular weight is 1110 g/mol. The van der Waals surface area contributed by atoms with Crippen LogP contribution in [0.5, 0.6) is 0 Å². The van der Waals surface area contributed by atoms with Crippen LogP contribution in [-0.4, -0.2) is 60.3 Å². The molecule has 1 heterocycles. The Balaban J connectivity index is 1.06. The van der Waals surface area contributed by atoms with Crippen molar-refractivity contribution in [3.8, 4) is 0 Å². The van der Waals surface area contributed by atoms with Crippen LogP contribution in [0.4, 0.5) is 0 Å². The van der Waals surface area contributed by atoms with E-state index in [-0.39, 0.29) is 18.9 Å². The van der Waals surface area contributed by atoms with Gasteiger partial charge < -0.3 is 34.1 Å². The van der Waals surface area contributed by atoms with Gasteiger partial charge in [0, 0.05) is 6.42 Å². The van der Waals surface area contributed by atoms with E-state index in [0.717, 1.165) is 54.4 Å². The first-order chi connectivity index (χ1) is 40.1. The average Bonchev–Trinajstić information content (AvgIpc) is 3.54. The third kappa shape index (κ3) is 27.8. The van der Waals surface area contributed by atoms with Gasteiger partial charge in [-0.15, -0.1) is 0 Å². The summed E-state index contributed by atoms with van der Waals surface area (Å²) >= 11 is 0. The maximum atomic E-state index is 14.1. The van der Waals surface area contributed by atoms with E-state index in [1.54, 1.807) is 0 Å². The topological polar surface area (TPSA) is 95.5 Å². The number of carbonyl (C=O) groups is 1. The zero-order chi connectivity index (χ0) is 56.5. The number of aryl methyl sites for hydroxylation is 1. The molecule has 0 aliphatic carbocycles. The van der Waals surface area contributed by atoms with Crippen LogP contribution in [-0.2, 0) is 61.3 Å². The van der Waals surface area contributed by atoms with E-state index >= 15 is 0 Å². The van der Waals surface area contributed by atoms with E-state index in [4.69, 9.17) is 23.7 Å². The summed E-state index contributed by atoms with van der Waals surface area (Å²) in [6.07, 6.45) is 32.6. The van der Waals surface area contributed by atoms with Crippen molar-refractivity contribution in [3.05, 3.63) is 192 Å². The SMILES string of the molecule is CCCCCCCCCCCCCCCCCCCCCCCCCC(=O)N[C@@H](C[C@H]1O[C@H](COCc2ccccc2)[C@H](OCc2ccccc2)[C@H](OCc2ccccc2)[C@H]1OCc1ccccc1)[C@H](O)/C=C/CCc1ccccc1. The van der Waals surface area contributed by atoms with E-state index in [1.165, 1.54) is 134 Å². The van der Waals surface area contributed by atoms with Crippen molar-refractivity contribution >= 4 is 5.91 Å². The number of hydrogen-bond donors (Lipinski definition) is 2. The molecule has 5 aromatic carbocycles. The van der Waals surface area contributed by atoms with Crippen LogP contribution in [0.2, 0.25) is 0 Å². The summed E-state index contributed by atoms with van der Waals surface area (Å²) in [4.78, 5) is 14.1. The second-order valence-electron chi connectivity index (χ2n) is 22.9. The maximum Gasteiger partial charge on any atom is 0.220 e. The predicted octanol–water partition coefficient (Wildman–Crippen LogP) is 17.5. The number of unbranched alkanes of at least 4 members (excludes halogenated alkanes) is 22. The lowest BCUT2D eigenvalue weighted by molar-refractivity contribution is -0.274.